The number of rotatable bonds is 4. The van der Waals surface area contributed by atoms with Crippen LogP contribution in [0.1, 0.15) is 19.2 Å². The summed E-state index contributed by atoms with van der Waals surface area (Å²) in [6.45, 7) is 3.37. The quantitative estimate of drug-likeness (QED) is 0.727. The summed E-state index contributed by atoms with van der Waals surface area (Å²) in [5.41, 5.74) is 0. The van der Waals surface area contributed by atoms with Crippen molar-refractivity contribution >= 4 is 28.7 Å². The molecule has 0 aliphatic carbocycles. The summed E-state index contributed by atoms with van der Waals surface area (Å²) in [7, 11) is 0. The summed E-state index contributed by atoms with van der Waals surface area (Å²) >= 11 is 1.04. The van der Waals surface area contributed by atoms with Crippen LogP contribution in [0.5, 0.6) is 0 Å². The van der Waals surface area contributed by atoms with Gasteiger partial charge in [-0.05, 0) is 13.3 Å². The zero-order valence-electron chi connectivity index (χ0n) is 8.85. The van der Waals surface area contributed by atoms with E-state index in [0.29, 0.717) is 17.4 Å². The minimum Gasteiger partial charge on any atom is -0.480 e. The molecule has 3 N–H and O–H groups in total. The molecule has 0 saturated carbocycles. The van der Waals surface area contributed by atoms with E-state index >= 15 is 0 Å². The molecule has 0 spiro atoms. The number of amides is 2. The van der Waals surface area contributed by atoms with Crippen molar-refractivity contribution in [3.8, 4) is 0 Å². The minimum atomic E-state index is -1.06. The van der Waals surface area contributed by atoms with Crippen LogP contribution in [-0.4, -0.2) is 32.5 Å². The van der Waals surface area contributed by atoms with E-state index in [1.807, 2.05) is 0 Å². The SMILES string of the molecule is CC[C@H](NC(=O)Nc1nc(C)ns1)C(=O)O. The van der Waals surface area contributed by atoms with Crippen LogP contribution in [0.4, 0.5) is 9.93 Å². The summed E-state index contributed by atoms with van der Waals surface area (Å²) < 4.78 is 3.88. The number of carboxylic acids is 1. The molecule has 0 bridgehead atoms. The lowest BCUT2D eigenvalue weighted by Gasteiger charge is -2.11. The molecule has 7 nitrogen and oxygen atoms in total. The third kappa shape index (κ3) is 3.46. The van der Waals surface area contributed by atoms with Crippen molar-refractivity contribution < 1.29 is 14.7 Å². The first kappa shape index (κ1) is 12.4. The van der Waals surface area contributed by atoms with E-state index in [2.05, 4.69) is 20.0 Å². The van der Waals surface area contributed by atoms with Crippen LogP contribution >= 0.6 is 11.5 Å². The summed E-state index contributed by atoms with van der Waals surface area (Å²) in [5.74, 6) is -0.503. The molecule has 1 aromatic rings. The number of hydrogen-bond donors (Lipinski definition) is 3. The number of aromatic nitrogens is 2. The Morgan fingerprint density at radius 1 is 1.56 bits per heavy atom. The highest BCUT2D eigenvalue weighted by atomic mass is 32.1. The molecule has 0 unspecified atom stereocenters. The van der Waals surface area contributed by atoms with Crippen LogP contribution in [0.25, 0.3) is 0 Å². The Kier molecular flexibility index (Phi) is 4.18. The summed E-state index contributed by atoms with van der Waals surface area (Å²) in [5, 5.41) is 13.8. The van der Waals surface area contributed by atoms with E-state index in [-0.39, 0.29) is 0 Å². The molecule has 1 aromatic heterocycles. The fourth-order valence-electron chi connectivity index (χ4n) is 0.978. The number of carboxylic acid groups (broad SMARTS) is 1. The predicted molar refractivity (Wildman–Crippen MR) is 58.5 cm³/mol. The van der Waals surface area contributed by atoms with Crippen LogP contribution < -0.4 is 10.6 Å². The average molecular weight is 244 g/mol. The van der Waals surface area contributed by atoms with E-state index in [1.165, 1.54) is 0 Å². The van der Waals surface area contributed by atoms with E-state index in [1.54, 1.807) is 13.8 Å². The van der Waals surface area contributed by atoms with Gasteiger partial charge >= 0.3 is 12.0 Å². The van der Waals surface area contributed by atoms with Gasteiger partial charge in [0.2, 0.25) is 5.13 Å². The van der Waals surface area contributed by atoms with Crippen molar-refractivity contribution in [3.05, 3.63) is 5.82 Å². The number of nitrogens with zero attached hydrogens (tertiary/aromatic N) is 2. The standard InChI is InChI=1S/C8H12N4O3S/c1-3-5(6(13)14)10-7(15)11-8-9-4(2)12-16-8/h5H,3H2,1-2H3,(H,13,14)(H2,9,10,11,12,15)/t5-/m0/s1. The van der Waals surface area contributed by atoms with Gasteiger partial charge in [-0.25, -0.2) is 14.6 Å². The lowest BCUT2D eigenvalue weighted by atomic mass is 10.2. The van der Waals surface area contributed by atoms with E-state index in [0.717, 1.165) is 11.5 Å². The fraction of sp³-hybridized carbons (Fsp3) is 0.500. The molecule has 0 saturated heterocycles. The van der Waals surface area contributed by atoms with Crippen molar-refractivity contribution in [2.24, 2.45) is 0 Å². The molecule has 0 aliphatic rings. The van der Waals surface area contributed by atoms with Crippen LogP contribution in [0, 0.1) is 6.92 Å². The Morgan fingerprint density at radius 2 is 2.25 bits per heavy atom. The molecule has 0 aliphatic heterocycles. The van der Waals surface area contributed by atoms with Crippen LogP contribution in [-0.2, 0) is 4.79 Å². The number of carbonyl (C=O) groups is 2. The first-order chi connectivity index (χ1) is 7.52. The Hall–Kier alpha value is -1.70. The number of aliphatic carboxylic acids is 1. The summed E-state index contributed by atoms with van der Waals surface area (Å²) in [4.78, 5) is 25.9. The van der Waals surface area contributed by atoms with Gasteiger partial charge in [-0.1, -0.05) is 6.92 Å². The minimum absolute atomic E-state index is 0.317. The fourth-order valence-corrected chi connectivity index (χ4v) is 1.55. The first-order valence-corrected chi connectivity index (χ1v) is 5.41. The van der Waals surface area contributed by atoms with Crippen molar-refractivity contribution in [3.63, 3.8) is 0 Å². The monoisotopic (exact) mass is 244 g/mol. The molecule has 0 radical (unpaired) electrons. The molecule has 16 heavy (non-hydrogen) atoms. The van der Waals surface area contributed by atoms with Gasteiger partial charge in [-0.2, -0.15) is 4.37 Å². The molecule has 2 amide bonds. The smallest absolute Gasteiger partial charge is 0.326 e. The van der Waals surface area contributed by atoms with Crippen molar-refractivity contribution in [2.45, 2.75) is 26.3 Å². The number of aryl methyl sites for hydroxylation is 1. The molecule has 0 fully saturated rings. The van der Waals surface area contributed by atoms with Crippen LogP contribution in [0.3, 0.4) is 0 Å². The summed E-state index contributed by atoms with van der Waals surface area (Å²) in [6, 6.07) is -1.49. The third-order valence-corrected chi connectivity index (χ3v) is 2.48. The average Bonchev–Trinajstić information content (AvgIpc) is 2.60. The molecule has 0 aromatic carbocycles. The van der Waals surface area contributed by atoms with Gasteiger partial charge in [0, 0.05) is 11.5 Å². The Balaban J connectivity index is 2.50. The highest BCUT2D eigenvalue weighted by Crippen LogP contribution is 2.09. The lowest BCUT2D eigenvalue weighted by Crippen LogP contribution is -2.42. The summed E-state index contributed by atoms with van der Waals surface area (Å²) in [6.07, 6.45) is 0.317. The highest BCUT2D eigenvalue weighted by Gasteiger charge is 2.17. The molecular weight excluding hydrogens is 232 g/mol. The van der Waals surface area contributed by atoms with Crippen molar-refractivity contribution in [1.82, 2.24) is 14.7 Å². The highest BCUT2D eigenvalue weighted by molar-refractivity contribution is 7.09. The van der Waals surface area contributed by atoms with Gasteiger partial charge in [-0.3, -0.25) is 5.32 Å². The molecular formula is C8H12N4O3S. The lowest BCUT2D eigenvalue weighted by molar-refractivity contribution is -0.139. The molecule has 88 valence electrons. The second-order valence-corrected chi connectivity index (χ2v) is 3.80. The molecule has 1 atom stereocenters. The van der Waals surface area contributed by atoms with Crippen molar-refractivity contribution in [2.75, 3.05) is 5.32 Å². The van der Waals surface area contributed by atoms with Gasteiger partial charge in [0.25, 0.3) is 0 Å². The van der Waals surface area contributed by atoms with E-state index < -0.39 is 18.0 Å². The predicted octanol–water partition coefficient (Wildman–Crippen LogP) is 0.831. The van der Waals surface area contributed by atoms with Crippen molar-refractivity contribution in [1.29, 1.82) is 0 Å². The van der Waals surface area contributed by atoms with Gasteiger partial charge in [0.05, 0.1) is 0 Å². The first-order valence-electron chi connectivity index (χ1n) is 4.63. The maximum Gasteiger partial charge on any atom is 0.326 e. The van der Waals surface area contributed by atoms with E-state index in [9.17, 15) is 9.59 Å². The van der Waals surface area contributed by atoms with Gasteiger partial charge < -0.3 is 10.4 Å². The Labute approximate surface area is 96.1 Å². The second-order valence-electron chi connectivity index (χ2n) is 3.04. The normalized spacial score (nSPS) is 11.9. The van der Waals surface area contributed by atoms with Crippen LogP contribution in [0.2, 0.25) is 0 Å². The number of nitrogens with one attached hydrogen (secondary N) is 2. The Morgan fingerprint density at radius 3 is 2.69 bits per heavy atom. The zero-order chi connectivity index (χ0) is 12.1. The van der Waals surface area contributed by atoms with Gasteiger partial charge in [0.15, 0.2) is 0 Å². The number of anilines is 1. The number of urea groups is 1. The largest absolute Gasteiger partial charge is 0.480 e. The number of hydrogen-bond acceptors (Lipinski definition) is 5. The molecule has 1 heterocycles. The van der Waals surface area contributed by atoms with Gasteiger partial charge in [0.1, 0.15) is 11.9 Å². The molecule has 1 rings (SSSR count). The Bertz CT molecular complexity index is 392. The second kappa shape index (κ2) is 5.40. The van der Waals surface area contributed by atoms with Gasteiger partial charge in [-0.15, -0.1) is 0 Å². The molecule has 8 heteroatoms. The zero-order valence-corrected chi connectivity index (χ0v) is 9.67. The number of carbonyl (C=O) groups excluding carboxylic acids is 1. The maximum atomic E-state index is 11.3. The maximum absolute atomic E-state index is 11.3. The topological polar surface area (TPSA) is 104 Å². The third-order valence-electron chi connectivity index (χ3n) is 1.76. The van der Waals surface area contributed by atoms with E-state index in [4.69, 9.17) is 5.11 Å². The van der Waals surface area contributed by atoms with Crippen LogP contribution in [0.15, 0.2) is 0 Å².